The largest absolute Gasteiger partial charge is 0.495 e. The third-order valence-corrected chi connectivity index (χ3v) is 2.71. The molecule has 0 radical (unpaired) electrons. The molecule has 0 fully saturated rings. The van der Waals surface area contributed by atoms with Gasteiger partial charge in [-0.3, -0.25) is 0 Å². The Bertz CT molecular complexity index is 353. The number of hydrogen-bond donors (Lipinski definition) is 2. The zero-order chi connectivity index (χ0) is 11.6. The van der Waals surface area contributed by atoms with Crippen molar-refractivity contribution in [2.75, 3.05) is 7.11 Å². The van der Waals surface area contributed by atoms with E-state index in [0.29, 0.717) is 10.8 Å². The van der Waals surface area contributed by atoms with Crippen LogP contribution >= 0.6 is 11.6 Å². The fourth-order valence-electron chi connectivity index (χ4n) is 1.45. The number of ether oxygens (including phenoxy) is 1. The maximum atomic E-state index is 9.42. The molecule has 0 aliphatic rings. The molecule has 15 heavy (non-hydrogen) atoms. The van der Waals surface area contributed by atoms with Crippen LogP contribution < -0.4 is 10.5 Å². The molecule has 1 rings (SSSR count). The molecule has 1 aromatic carbocycles. The predicted octanol–water partition coefficient (Wildman–Crippen LogP) is 2.04. The highest BCUT2D eigenvalue weighted by Gasteiger charge is 2.16. The lowest BCUT2D eigenvalue weighted by molar-refractivity contribution is 0.164. The zero-order valence-electron chi connectivity index (χ0n) is 9.12. The van der Waals surface area contributed by atoms with Gasteiger partial charge in [0.25, 0.3) is 0 Å². The van der Waals surface area contributed by atoms with Crippen LogP contribution in [0.3, 0.4) is 0 Å². The van der Waals surface area contributed by atoms with E-state index in [0.717, 1.165) is 11.1 Å². The number of methoxy groups -OCH3 is 1. The monoisotopic (exact) mass is 229 g/mol. The summed E-state index contributed by atoms with van der Waals surface area (Å²) < 4.78 is 5.09. The third-order valence-electron chi connectivity index (χ3n) is 2.42. The van der Waals surface area contributed by atoms with Crippen molar-refractivity contribution >= 4 is 11.6 Å². The zero-order valence-corrected chi connectivity index (χ0v) is 9.88. The van der Waals surface area contributed by atoms with Crippen LogP contribution in [0, 0.1) is 6.92 Å². The molecule has 2 unspecified atom stereocenters. The number of hydrogen-bond acceptors (Lipinski definition) is 3. The standard InChI is InChI=1S/C11H16ClNO2/c1-6-4-10(15-3)9(12)5-8(6)11(13)7(2)14/h4-5,7,11,14H,13H2,1-3H3. The third kappa shape index (κ3) is 2.62. The number of aliphatic hydroxyl groups is 1. The Morgan fingerprint density at radius 1 is 1.47 bits per heavy atom. The van der Waals surface area contributed by atoms with Crippen LogP contribution in [0.5, 0.6) is 5.75 Å². The van der Waals surface area contributed by atoms with E-state index in [4.69, 9.17) is 22.1 Å². The number of nitrogens with two attached hydrogens (primary N) is 1. The van der Waals surface area contributed by atoms with E-state index >= 15 is 0 Å². The second-order valence-corrected chi connectivity index (χ2v) is 4.02. The van der Waals surface area contributed by atoms with Crippen LogP contribution in [0.15, 0.2) is 12.1 Å². The van der Waals surface area contributed by atoms with Gasteiger partial charge < -0.3 is 15.6 Å². The smallest absolute Gasteiger partial charge is 0.137 e. The van der Waals surface area contributed by atoms with Gasteiger partial charge in [0.2, 0.25) is 0 Å². The van der Waals surface area contributed by atoms with Gasteiger partial charge in [0, 0.05) is 0 Å². The Morgan fingerprint density at radius 3 is 2.53 bits per heavy atom. The van der Waals surface area contributed by atoms with Gasteiger partial charge in [-0.2, -0.15) is 0 Å². The molecule has 0 aliphatic heterocycles. The summed E-state index contributed by atoms with van der Waals surface area (Å²) in [6.07, 6.45) is -0.604. The average molecular weight is 230 g/mol. The molecular weight excluding hydrogens is 214 g/mol. The fraction of sp³-hybridized carbons (Fsp3) is 0.455. The lowest BCUT2D eigenvalue weighted by atomic mass is 9.98. The molecule has 0 spiro atoms. The number of benzene rings is 1. The van der Waals surface area contributed by atoms with Crippen molar-refractivity contribution in [1.82, 2.24) is 0 Å². The normalized spacial score (nSPS) is 14.8. The first-order valence-corrected chi connectivity index (χ1v) is 5.12. The second-order valence-electron chi connectivity index (χ2n) is 3.61. The van der Waals surface area contributed by atoms with E-state index in [1.807, 2.05) is 13.0 Å². The summed E-state index contributed by atoms with van der Waals surface area (Å²) in [7, 11) is 1.56. The number of halogens is 1. The van der Waals surface area contributed by atoms with Crippen molar-refractivity contribution in [2.24, 2.45) is 5.73 Å². The summed E-state index contributed by atoms with van der Waals surface area (Å²) in [5, 5.41) is 9.93. The van der Waals surface area contributed by atoms with Gasteiger partial charge in [-0.15, -0.1) is 0 Å². The van der Waals surface area contributed by atoms with E-state index in [1.54, 1.807) is 20.1 Å². The minimum Gasteiger partial charge on any atom is -0.495 e. The molecule has 3 N–H and O–H groups in total. The number of aryl methyl sites for hydroxylation is 1. The Morgan fingerprint density at radius 2 is 2.07 bits per heavy atom. The van der Waals surface area contributed by atoms with Gasteiger partial charge in [-0.05, 0) is 37.1 Å². The summed E-state index contributed by atoms with van der Waals surface area (Å²) in [5.74, 6) is 0.621. The van der Waals surface area contributed by atoms with Gasteiger partial charge >= 0.3 is 0 Å². The lowest BCUT2D eigenvalue weighted by Crippen LogP contribution is -2.24. The van der Waals surface area contributed by atoms with E-state index in [-0.39, 0.29) is 0 Å². The lowest BCUT2D eigenvalue weighted by Gasteiger charge is -2.18. The molecule has 4 heteroatoms. The first-order valence-electron chi connectivity index (χ1n) is 4.75. The van der Waals surface area contributed by atoms with Crippen LogP contribution in [-0.2, 0) is 0 Å². The molecule has 0 amide bonds. The predicted molar refractivity (Wildman–Crippen MR) is 61.4 cm³/mol. The summed E-state index contributed by atoms with van der Waals surface area (Å²) in [6, 6.07) is 3.14. The highest BCUT2D eigenvalue weighted by Crippen LogP contribution is 2.30. The van der Waals surface area contributed by atoms with E-state index in [1.165, 1.54) is 0 Å². The molecule has 1 aromatic rings. The topological polar surface area (TPSA) is 55.5 Å². The Hall–Kier alpha value is -0.770. The minimum absolute atomic E-state index is 0.423. The van der Waals surface area contributed by atoms with Crippen molar-refractivity contribution < 1.29 is 9.84 Å². The highest BCUT2D eigenvalue weighted by atomic mass is 35.5. The van der Waals surface area contributed by atoms with E-state index in [9.17, 15) is 5.11 Å². The van der Waals surface area contributed by atoms with Crippen LogP contribution in [0.1, 0.15) is 24.1 Å². The quantitative estimate of drug-likeness (QED) is 0.834. The van der Waals surface area contributed by atoms with Crippen molar-refractivity contribution in [3.8, 4) is 5.75 Å². The molecule has 0 heterocycles. The summed E-state index contributed by atoms with van der Waals surface area (Å²) >= 11 is 5.99. The molecule has 0 saturated carbocycles. The first-order chi connectivity index (χ1) is 6.97. The first kappa shape index (κ1) is 12.3. The molecule has 84 valence electrons. The van der Waals surface area contributed by atoms with E-state index < -0.39 is 12.1 Å². The maximum absolute atomic E-state index is 9.42. The van der Waals surface area contributed by atoms with Gasteiger partial charge in [0.05, 0.1) is 24.3 Å². The van der Waals surface area contributed by atoms with Crippen molar-refractivity contribution in [3.05, 3.63) is 28.3 Å². The van der Waals surface area contributed by atoms with Crippen molar-refractivity contribution in [1.29, 1.82) is 0 Å². The number of rotatable bonds is 3. The van der Waals surface area contributed by atoms with Gasteiger partial charge in [-0.25, -0.2) is 0 Å². The summed E-state index contributed by atoms with van der Waals surface area (Å²) in [6.45, 7) is 3.57. The van der Waals surface area contributed by atoms with Crippen LogP contribution in [0.25, 0.3) is 0 Å². The van der Waals surface area contributed by atoms with Gasteiger partial charge in [0.15, 0.2) is 0 Å². The Labute approximate surface area is 94.8 Å². The second kappa shape index (κ2) is 4.84. The van der Waals surface area contributed by atoms with Gasteiger partial charge in [-0.1, -0.05) is 11.6 Å². The van der Waals surface area contributed by atoms with Crippen LogP contribution in [0.4, 0.5) is 0 Å². The SMILES string of the molecule is COc1cc(C)c(C(N)C(C)O)cc1Cl. The van der Waals surface area contributed by atoms with Crippen molar-refractivity contribution in [3.63, 3.8) is 0 Å². The summed E-state index contributed by atoms with van der Waals surface area (Å²) in [5.41, 5.74) is 7.66. The molecule has 0 saturated heterocycles. The molecule has 0 bridgehead atoms. The van der Waals surface area contributed by atoms with Crippen LogP contribution in [-0.4, -0.2) is 18.3 Å². The molecule has 0 aromatic heterocycles. The molecule has 0 aliphatic carbocycles. The highest BCUT2D eigenvalue weighted by molar-refractivity contribution is 6.32. The maximum Gasteiger partial charge on any atom is 0.137 e. The molecule has 2 atom stereocenters. The average Bonchev–Trinajstić information content (AvgIpc) is 2.19. The summed E-state index contributed by atoms with van der Waals surface area (Å²) in [4.78, 5) is 0. The fourth-order valence-corrected chi connectivity index (χ4v) is 1.70. The molecule has 3 nitrogen and oxygen atoms in total. The Balaban J connectivity index is 3.15. The molecular formula is C11H16ClNO2. The van der Waals surface area contributed by atoms with Crippen molar-refractivity contribution in [2.45, 2.75) is 26.0 Å². The van der Waals surface area contributed by atoms with Gasteiger partial charge in [0.1, 0.15) is 5.75 Å². The van der Waals surface area contributed by atoms with Crippen LogP contribution in [0.2, 0.25) is 5.02 Å². The minimum atomic E-state index is -0.604. The van der Waals surface area contributed by atoms with E-state index in [2.05, 4.69) is 0 Å². The Kier molecular flexibility index (Phi) is 3.97. The number of aliphatic hydroxyl groups excluding tert-OH is 1.